The van der Waals surface area contributed by atoms with Crippen LogP contribution in [0, 0.1) is 0 Å². The van der Waals surface area contributed by atoms with Crippen molar-refractivity contribution in [3.05, 3.63) is 29.8 Å². The highest BCUT2D eigenvalue weighted by Gasteiger charge is 2.15. The smallest absolute Gasteiger partial charge is 0.122 e. The van der Waals surface area contributed by atoms with Crippen LogP contribution in [0.15, 0.2) is 24.3 Å². The van der Waals surface area contributed by atoms with Gasteiger partial charge in [0, 0.05) is 23.1 Å². The zero-order chi connectivity index (χ0) is 10.5. The van der Waals surface area contributed by atoms with Crippen molar-refractivity contribution in [3.63, 3.8) is 0 Å². The maximum Gasteiger partial charge on any atom is 0.122 e. The highest BCUT2D eigenvalue weighted by molar-refractivity contribution is 7.99. The van der Waals surface area contributed by atoms with Crippen LogP contribution in [-0.4, -0.2) is 25.4 Å². The number of ether oxygens (including phenoxy) is 1. The monoisotopic (exact) mass is 223 g/mol. The Morgan fingerprint density at radius 2 is 2.33 bits per heavy atom. The largest absolute Gasteiger partial charge is 0.496 e. The van der Waals surface area contributed by atoms with Crippen molar-refractivity contribution in [2.24, 2.45) is 0 Å². The van der Waals surface area contributed by atoms with E-state index < -0.39 is 0 Å². The predicted octanol–water partition coefficient (Wildman–Crippen LogP) is 2.29. The van der Waals surface area contributed by atoms with E-state index in [1.165, 1.54) is 18.5 Å². The van der Waals surface area contributed by atoms with Crippen molar-refractivity contribution in [2.45, 2.75) is 17.4 Å². The molecule has 2 nitrogen and oxygen atoms in total. The van der Waals surface area contributed by atoms with Gasteiger partial charge in [0.2, 0.25) is 0 Å². The molecule has 1 unspecified atom stereocenters. The lowest BCUT2D eigenvalue weighted by molar-refractivity contribution is 0.411. The number of thioether (sulfide) groups is 1. The molecule has 0 spiro atoms. The fourth-order valence-electron chi connectivity index (χ4n) is 1.80. The Morgan fingerprint density at radius 3 is 3.07 bits per heavy atom. The summed E-state index contributed by atoms with van der Waals surface area (Å²) >= 11 is 2.02. The zero-order valence-electron chi connectivity index (χ0n) is 9.03. The van der Waals surface area contributed by atoms with E-state index in [2.05, 4.69) is 17.4 Å². The molecule has 0 aromatic heterocycles. The molecule has 1 N–H and O–H groups in total. The van der Waals surface area contributed by atoms with Gasteiger partial charge in [0.15, 0.2) is 0 Å². The summed E-state index contributed by atoms with van der Waals surface area (Å²) < 4.78 is 5.33. The van der Waals surface area contributed by atoms with Crippen molar-refractivity contribution in [1.82, 2.24) is 5.32 Å². The quantitative estimate of drug-likeness (QED) is 0.846. The van der Waals surface area contributed by atoms with Crippen LogP contribution in [0.5, 0.6) is 5.75 Å². The summed E-state index contributed by atoms with van der Waals surface area (Å²) in [6.45, 7) is 2.32. The summed E-state index contributed by atoms with van der Waals surface area (Å²) in [5.74, 6) is 2.06. The van der Waals surface area contributed by atoms with Gasteiger partial charge in [-0.25, -0.2) is 0 Å². The lowest BCUT2D eigenvalue weighted by atomic mass is 10.2. The van der Waals surface area contributed by atoms with Crippen LogP contribution >= 0.6 is 11.8 Å². The van der Waals surface area contributed by atoms with Gasteiger partial charge in [-0.15, -0.1) is 0 Å². The number of para-hydroxylation sites is 1. The molecule has 1 aliphatic heterocycles. The molecule has 1 aliphatic rings. The third kappa shape index (κ3) is 2.89. The molecule has 0 saturated carbocycles. The number of rotatable bonds is 4. The summed E-state index contributed by atoms with van der Waals surface area (Å²) in [5, 5.41) is 4.16. The Labute approximate surface area is 95.4 Å². The maximum absolute atomic E-state index is 5.33. The van der Waals surface area contributed by atoms with Crippen molar-refractivity contribution in [2.75, 3.05) is 20.2 Å². The molecule has 82 valence electrons. The fraction of sp³-hybridized carbons (Fsp3) is 0.500. The highest BCUT2D eigenvalue weighted by atomic mass is 32.2. The van der Waals surface area contributed by atoms with E-state index in [9.17, 15) is 0 Å². The average molecular weight is 223 g/mol. The first kappa shape index (κ1) is 10.8. The standard InChI is InChI=1S/C12H17NOS/c1-14-12-5-3-2-4-10(12)9-15-11-6-7-13-8-11/h2-5,11,13H,6-9H2,1H3. The van der Waals surface area contributed by atoms with Crippen molar-refractivity contribution < 1.29 is 4.74 Å². The molecule has 1 saturated heterocycles. The van der Waals surface area contributed by atoms with E-state index in [1.807, 2.05) is 23.9 Å². The van der Waals surface area contributed by atoms with E-state index >= 15 is 0 Å². The number of methoxy groups -OCH3 is 1. The molecule has 1 heterocycles. The Hall–Kier alpha value is -0.670. The third-order valence-corrected chi connectivity index (χ3v) is 4.03. The summed E-state index contributed by atoms with van der Waals surface area (Å²) in [7, 11) is 1.74. The van der Waals surface area contributed by atoms with Gasteiger partial charge < -0.3 is 10.1 Å². The van der Waals surface area contributed by atoms with Gasteiger partial charge in [-0.3, -0.25) is 0 Å². The molecule has 0 aliphatic carbocycles. The molecule has 1 aromatic rings. The van der Waals surface area contributed by atoms with Gasteiger partial charge >= 0.3 is 0 Å². The predicted molar refractivity (Wildman–Crippen MR) is 65.6 cm³/mol. The van der Waals surface area contributed by atoms with E-state index in [0.717, 1.165) is 23.3 Å². The SMILES string of the molecule is COc1ccccc1CSC1CCNC1. The number of hydrogen-bond acceptors (Lipinski definition) is 3. The molecule has 2 rings (SSSR count). The van der Waals surface area contributed by atoms with Crippen LogP contribution in [0.2, 0.25) is 0 Å². The molecule has 0 bridgehead atoms. The second-order valence-electron chi connectivity index (χ2n) is 3.74. The van der Waals surface area contributed by atoms with Gasteiger partial charge in [-0.05, 0) is 19.0 Å². The average Bonchev–Trinajstić information content (AvgIpc) is 2.79. The summed E-state index contributed by atoms with van der Waals surface area (Å²) in [4.78, 5) is 0. The van der Waals surface area contributed by atoms with Crippen molar-refractivity contribution in [3.8, 4) is 5.75 Å². The van der Waals surface area contributed by atoms with E-state index in [-0.39, 0.29) is 0 Å². The highest BCUT2D eigenvalue weighted by Crippen LogP contribution is 2.27. The topological polar surface area (TPSA) is 21.3 Å². The molecule has 1 atom stereocenters. The Balaban J connectivity index is 1.91. The number of hydrogen-bond donors (Lipinski definition) is 1. The lowest BCUT2D eigenvalue weighted by Gasteiger charge is -2.10. The molecule has 1 fully saturated rings. The summed E-state index contributed by atoms with van der Waals surface area (Å²) in [5.41, 5.74) is 1.30. The molecular formula is C12H17NOS. The first-order valence-corrected chi connectivity index (χ1v) is 6.39. The maximum atomic E-state index is 5.33. The normalized spacial score (nSPS) is 20.5. The molecule has 1 aromatic carbocycles. The van der Waals surface area contributed by atoms with Gasteiger partial charge in [0.1, 0.15) is 5.75 Å². The second-order valence-corrected chi connectivity index (χ2v) is 5.03. The van der Waals surface area contributed by atoms with Crippen LogP contribution < -0.4 is 10.1 Å². The van der Waals surface area contributed by atoms with E-state index in [4.69, 9.17) is 4.74 Å². The zero-order valence-corrected chi connectivity index (χ0v) is 9.85. The van der Waals surface area contributed by atoms with Crippen LogP contribution in [0.25, 0.3) is 0 Å². The summed E-state index contributed by atoms with van der Waals surface area (Å²) in [6, 6.07) is 8.27. The first-order chi connectivity index (χ1) is 7.40. The van der Waals surface area contributed by atoms with Crippen LogP contribution in [0.1, 0.15) is 12.0 Å². The fourth-order valence-corrected chi connectivity index (χ4v) is 2.97. The van der Waals surface area contributed by atoms with Gasteiger partial charge in [0.05, 0.1) is 7.11 Å². The molecular weight excluding hydrogens is 206 g/mol. The third-order valence-electron chi connectivity index (χ3n) is 2.68. The van der Waals surface area contributed by atoms with Gasteiger partial charge in [-0.2, -0.15) is 11.8 Å². The van der Waals surface area contributed by atoms with Crippen LogP contribution in [0.3, 0.4) is 0 Å². The van der Waals surface area contributed by atoms with E-state index in [0.29, 0.717) is 0 Å². The minimum atomic E-state index is 0.773. The molecule has 3 heteroatoms. The van der Waals surface area contributed by atoms with Gasteiger partial charge in [0.25, 0.3) is 0 Å². The minimum Gasteiger partial charge on any atom is -0.496 e. The van der Waals surface area contributed by atoms with Crippen LogP contribution in [0.4, 0.5) is 0 Å². The lowest BCUT2D eigenvalue weighted by Crippen LogP contribution is -2.10. The van der Waals surface area contributed by atoms with Crippen molar-refractivity contribution >= 4 is 11.8 Å². The molecule has 0 amide bonds. The Kier molecular flexibility index (Phi) is 3.92. The first-order valence-electron chi connectivity index (χ1n) is 5.34. The minimum absolute atomic E-state index is 0.773. The number of nitrogens with one attached hydrogen (secondary N) is 1. The molecule has 15 heavy (non-hydrogen) atoms. The Morgan fingerprint density at radius 1 is 1.47 bits per heavy atom. The second kappa shape index (κ2) is 5.42. The molecule has 0 radical (unpaired) electrons. The van der Waals surface area contributed by atoms with Crippen LogP contribution in [-0.2, 0) is 5.75 Å². The van der Waals surface area contributed by atoms with Crippen molar-refractivity contribution in [1.29, 1.82) is 0 Å². The Bertz CT molecular complexity index is 310. The number of benzene rings is 1. The van der Waals surface area contributed by atoms with Gasteiger partial charge in [-0.1, -0.05) is 18.2 Å². The summed E-state index contributed by atoms with van der Waals surface area (Å²) in [6.07, 6.45) is 1.29. The van der Waals surface area contributed by atoms with E-state index in [1.54, 1.807) is 7.11 Å².